The number of hydrogen-bond donors (Lipinski definition) is 1. The van der Waals surface area contributed by atoms with Crippen LogP contribution < -0.4 is 4.90 Å². The molecule has 0 radical (unpaired) electrons. The predicted octanol–water partition coefficient (Wildman–Crippen LogP) is 2.61. The van der Waals surface area contributed by atoms with Gasteiger partial charge in [0.2, 0.25) is 0 Å². The van der Waals surface area contributed by atoms with Crippen LogP contribution in [0.15, 0.2) is 18.3 Å². The number of hydrogen-bond acceptors (Lipinski definition) is 4. The first kappa shape index (κ1) is 15.9. The minimum atomic E-state index is -0.981. The van der Waals surface area contributed by atoms with Crippen molar-refractivity contribution in [2.75, 3.05) is 11.4 Å². The fourth-order valence-electron chi connectivity index (χ4n) is 1.44. The van der Waals surface area contributed by atoms with Gasteiger partial charge < -0.3 is 9.84 Å². The standard InChI is InChI=1S/C14H20N2O4/c1-10-5-6-11(15-9-10)16(8-7-12(17)18)13(19)20-14(2,3)4/h5-6,9H,7-8H2,1-4H3,(H,17,18). The Morgan fingerprint density at radius 1 is 1.35 bits per heavy atom. The van der Waals surface area contributed by atoms with E-state index in [-0.39, 0.29) is 13.0 Å². The molecular weight excluding hydrogens is 260 g/mol. The number of rotatable bonds is 4. The molecule has 0 aliphatic heterocycles. The molecule has 0 aliphatic carbocycles. The van der Waals surface area contributed by atoms with Crippen molar-refractivity contribution in [2.24, 2.45) is 0 Å². The van der Waals surface area contributed by atoms with Crippen LogP contribution in [0.3, 0.4) is 0 Å². The van der Waals surface area contributed by atoms with E-state index in [0.29, 0.717) is 5.82 Å². The van der Waals surface area contributed by atoms with Gasteiger partial charge >= 0.3 is 12.1 Å². The minimum absolute atomic E-state index is 0.0142. The Bertz CT molecular complexity index is 477. The van der Waals surface area contributed by atoms with Crippen LogP contribution in [-0.2, 0) is 9.53 Å². The van der Waals surface area contributed by atoms with E-state index in [1.54, 1.807) is 39.1 Å². The number of ether oxygens (including phenoxy) is 1. The average Bonchev–Trinajstić information content (AvgIpc) is 2.29. The van der Waals surface area contributed by atoms with Crippen LogP contribution in [0, 0.1) is 6.92 Å². The van der Waals surface area contributed by atoms with Crippen molar-refractivity contribution >= 4 is 17.9 Å². The lowest BCUT2D eigenvalue weighted by molar-refractivity contribution is -0.136. The number of aromatic nitrogens is 1. The van der Waals surface area contributed by atoms with Crippen LogP contribution in [0.4, 0.5) is 10.6 Å². The van der Waals surface area contributed by atoms with E-state index >= 15 is 0 Å². The Labute approximate surface area is 118 Å². The molecule has 110 valence electrons. The second kappa shape index (κ2) is 6.36. The zero-order valence-electron chi connectivity index (χ0n) is 12.2. The highest BCUT2D eigenvalue weighted by Gasteiger charge is 2.24. The zero-order chi connectivity index (χ0) is 15.3. The van der Waals surface area contributed by atoms with Gasteiger partial charge in [-0.3, -0.25) is 9.69 Å². The number of anilines is 1. The summed E-state index contributed by atoms with van der Waals surface area (Å²) in [5, 5.41) is 8.77. The fourth-order valence-corrected chi connectivity index (χ4v) is 1.44. The number of carboxylic acids is 1. The van der Waals surface area contributed by atoms with Gasteiger partial charge in [-0.2, -0.15) is 0 Å². The summed E-state index contributed by atoms with van der Waals surface area (Å²) in [6.45, 7) is 7.15. The van der Waals surface area contributed by atoms with Gasteiger partial charge in [-0.05, 0) is 39.3 Å². The highest BCUT2D eigenvalue weighted by molar-refractivity contribution is 5.87. The quantitative estimate of drug-likeness (QED) is 0.917. The summed E-state index contributed by atoms with van der Waals surface area (Å²) in [5.74, 6) is -0.600. The van der Waals surface area contributed by atoms with Crippen LogP contribution in [0.1, 0.15) is 32.8 Å². The SMILES string of the molecule is Cc1ccc(N(CCC(=O)O)C(=O)OC(C)(C)C)nc1. The Hall–Kier alpha value is -2.11. The summed E-state index contributed by atoms with van der Waals surface area (Å²) in [4.78, 5) is 28.2. The Balaban J connectivity index is 2.92. The van der Waals surface area contributed by atoms with Crippen LogP contribution >= 0.6 is 0 Å². The summed E-state index contributed by atoms with van der Waals surface area (Å²) >= 11 is 0. The number of carboxylic acid groups (broad SMARTS) is 1. The molecule has 0 spiro atoms. The molecule has 0 aromatic carbocycles. The molecule has 1 heterocycles. The largest absolute Gasteiger partial charge is 0.481 e. The lowest BCUT2D eigenvalue weighted by Gasteiger charge is -2.26. The first-order valence-corrected chi connectivity index (χ1v) is 6.34. The number of amides is 1. The van der Waals surface area contributed by atoms with Crippen LogP contribution in [0.2, 0.25) is 0 Å². The van der Waals surface area contributed by atoms with E-state index in [9.17, 15) is 9.59 Å². The lowest BCUT2D eigenvalue weighted by atomic mass is 10.2. The molecular formula is C14H20N2O4. The normalized spacial score (nSPS) is 11.0. The zero-order valence-corrected chi connectivity index (χ0v) is 12.2. The van der Waals surface area contributed by atoms with Gasteiger partial charge in [0.1, 0.15) is 11.4 Å². The third kappa shape index (κ3) is 5.26. The van der Waals surface area contributed by atoms with Crippen molar-refractivity contribution in [3.8, 4) is 0 Å². The van der Waals surface area contributed by atoms with Crippen LogP contribution in [0.5, 0.6) is 0 Å². The fraction of sp³-hybridized carbons (Fsp3) is 0.500. The number of nitrogens with zero attached hydrogens (tertiary/aromatic N) is 2. The number of carbonyl (C=O) groups is 2. The molecule has 1 amide bonds. The minimum Gasteiger partial charge on any atom is -0.481 e. The molecule has 1 N–H and O–H groups in total. The smallest absolute Gasteiger partial charge is 0.416 e. The van der Waals surface area contributed by atoms with Gasteiger partial charge in [0.05, 0.1) is 6.42 Å². The van der Waals surface area contributed by atoms with Crippen molar-refractivity contribution in [1.82, 2.24) is 4.98 Å². The second-order valence-corrected chi connectivity index (χ2v) is 5.47. The Kier molecular flexibility index (Phi) is 5.07. The maximum atomic E-state index is 12.1. The van der Waals surface area contributed by atoms with E-state index in [1.165, 1.54) is 4.90 Å². The maximum Gasteiger partial charge on any atom is 0.416 e. The summed E-state index contributed by atoms with van der Waals surface area (Å²) in [6.07, 6.45) is 0.845. The van der Waals surface area contributed by atoms with E-state index in [0.717, 1.165) is 5.56 Å². The first-order chi connectivity index (χ1) is 9.19. The second-order valence-electron chi connectivity index (χ2n) is 5.47. The number of aliphatic carboxylic acids is 1. The van der Waals surface area contributed by atoms with E-state index < -0.39 is 17.7 Å². The molecule has 1 aromatic rings. The maximum absolute atomic E-state index is 12.1. The monoisotopic (exact) mass is 280 g/mol. The van der Waals surface area contributed by atoms with Crippen molar-refractivity contribution in [2.45, 2.75) is 39.7 Å². The van der Waals surface area contributed by atoms with Gasteiger partial charge in [-0.15, -0.1) is 0 Å². The number of carbonyl (C=O) groups excluding carboxylic acids is 1. The molecule has 0 fully saturated rings. The third-order valence-electron chi connectivity index (χ3n) is 2.34. The highest BCUT2D eigenvalue weighted by Crippen LogP contribution is 2.16. The molecule has 0 saturated carbocycles. The van der Waals surface area contributed by atoms with Crippen LogP contribution in [0.25, 0.3) is 0 Å². The van der Waals surface area contributed by atoms with Gasteiger partial charge in [-0.25, -0.2) is 9.78 Å². The molecule has 6 nitrogen and oxygen atoms in total. The lowest BCUT2D eigenvalue weighted by Crippen LogP contribution is -2.38. The predicted molar refractivity (Wildman–Crippen MR) is 74.8 cm³/mol. The van der Waals surface area contributed by atoms with E-state index in [1.807, 2.05) is 6.92 Å². The van der Waals surface area contributed by atoms with Crippen molar-refractivity contribution in [1.29, 1.82) is 0 Å². The van der Waals surface area contributed by atoms with Gasteiger partial charge in [-0.1, -0.05) is 6.07 Å². The average molecular weight is 280 g/mol. The molecule has 20 heavy (non-hydrogen) atoms. The van der Waals surface area contributed by atoms with Gasteiger partial charge in [0.15, 0.2) is 0 Å². The molecule has 0 aliphatic rings. The first-order valence-electron chi connectivity index (χ1n) is 6.34. The highest BCUT2D eigenvalue weighted by atomic mass is 16.6. The topological polar surface area (TPSA) is 79.7 Å². The third-order valence-corrected chi connectivity index (χ3v) is 2.34. The molecule has 0 bridgehead atoms. The van der Waals surface area contributed by atoms with Crippen molar-refractivity contribution in [3.05, 3.63) is 23.9 Å². The van der Waals surface area contributed by atoms with Gasteiger partial charge in [0.25, 0.3) is 0 Å². The summed E-state index contributed by atoms with van der Waals surface area (Å²) in [7, 11) is 0. The summed E-state index contributed by atoms with van der Waals surface area (Å²) in [6, 6.07) is 3.47. The Morgan fingerprint density at radius 3 is 2.45 bits per heavy atom. The van der Waals surface area contributed by atoms with E-state index in [4.69, 9.17) is 9.84 Å². The molecule has 0 unspecified atom stereocenters. The molecule has 6 heteroatoms. The number of pyridine rings is 1. The molecule has 0 atom stereocenters. The molecule has 1 aromatic heterocycles. The summed E-state index contributed by atoms with van der Waals surface area (Å²) < 4.78 is 5.27. The van der Waals surface area contributed by atoms with E-state index in [2.05, 4.69) is 4.98 Å². The van der Waals surface area contributed by atoms with Gasteiger partial charge in [0, 0.05) is 12.7 Å². The molecule has 1 rings (SSSR count). The number of aryl methyl sites for hydroxylation is 1. The van der Waals surface area contributed by atoms with Crippen molar-refractivity contribution < 1.29 is 19.4 Å². The molecule has 0 saturated heterocycles. The van der Waals surface area contributed by atoms with Crippen molar-refractivity contribution in [3.63, 3.8) is 0 Å². The Morgan fingerprint density at radius 2 is 2.00 bits per heavy atom. The van der Waals surface area contributed by atoms with Crippen LogP contribution in [-0.4, -0.2) is 34.3 Å². The summed E-state index contributed by atoms with van der Waals surface area (Å²) in [5.41, 5.74) is 0.305.